The van der Waals surface area contributed by atoms with Crippen molar-refractivity contribution in [3.63, 3.8) is 0 Å². The minimum absolute atomic E-state index is 0.0904. The van der Waals surface area contributed by atoms with Crippen LogP contribution in [-0.4, -0.2) is 30.4 Å². The first kappa shape index (κ1) is 24.6. The molecule has 0 radical (unpaired) electrons. The lowest BCUT2D eigenvalue weighted by atomic mass is 9.78. The van der Waals surface area contributed by atoms with Crippen molar-refractivity contribution < 1.29 is 27.4 Å². The van der Waals surface area contributed by atoms with Gasteiger partial charge in [-0.1, -0.05) is 36.4 Å². The number of hydrogen-bond acceptors (Lipinski definition) is 4. The fraction of sp³-hybridized carbons (Fsp3) is 0.419. The van der Waals surface area contributed by atoms with Gasteiger partial charge in [0.1, 0.15) is 0 Å². The lowest BCUT2D eigenvalue weighted by Crippen LogP contribution is -2.45. The molecule has 1 spiro atoms. The molecule has 202 valence electrons. The number of hydrogen-bond donors (Lipinski definition) is 0. The fourth-order valence-electron chi connectivity index (χ4n) is 7.34. The number of carbonyl (C=O) groups is 1. The van der Waals surface area contributed by atoms with Crippen molar-refractivity contribution in [2.75, 3.05) is 19.8 Å². The predicted molar refractivity (Wildman–Crippen MR) is 137 cm³/mol. The van der Waals surface area contributed by atoms with Crippen molar-refractivity contribution in [2.24, 2.45) is 11.8 Å². The Morgan fingerprint density at radius 2 is 1.90 bits per heavy atom. The predicted octanol–water partition coefficient (Wildman–Crippen LogP) is 5.17. The molecule has 5 nitrogen and oxygen atoms in total. The number of ether oxygens (including phenoxy) is 2. The number of halogens is 3. The van der Waals surface area contributed by atoms with E-state index in [1.54, 1.807) is 29.7 Å². The maximum Gasteiger partial charge on any atom is 0.416 e. The number of fused-ring (bicyclic) bond motifs is 5. The molecule has 2 heterocycles. The van der Waals surface area contributed by atoms with E-state index in [0.29, 0.717) is 39.2 Å². The van der Waals surface area contributed by atoms with Crippen LogP contribution in [0.3, 0.4) is 0 Å². The Hall–Kier alpha value is -3.39. The average molecular weight is 536 g/mol. The number of alkyl halides is 3. The number of carbonyl (C=O) groups excluding carboxylic acids is 1. The van der Waals surface area contributed by atoms with E-state index in [1.807, 2.05) is 24.4 Å². The fourth-order valence-corrected chi connectivity index (χ4v) is 7.34. The molecule has 3 aliphatic carbocycles. The van der Waals surface area contributed by atoms with Crippen LogP contribution in [0.4, 0.5) is 13.2 Å². The van der Waals surface area contributed by atoms with Gasteiger partial charge in [-0.05, 0) is 65.1 Å². The molecule has 1 saturated carbocycles. The van der Waals surface area contributed by atoms with Gasteiger partial charge >= 0.3 is 12.1 Å². The molecule has 1 unspecified atom stereocenters. The lowest BCUT2D eigenvalue weighted by molar-refractivity contribution is -0.145. The van der Waals surface area contributed by atoms with E-state index in [9.17, 15) is 22.8 Å². The van der Waals surface area contributed by atoms with Crippen molar-refractivity contribution >= 4 is 5.97 Å². The zero-order chi connectivity index (χ0) is 27.1. The molecule has 7 rings (SSSR count). The van der Waals surface area contributed by atoms with Gasteiger partial charge in [-0.15, -0.1) is 0 Å². The first-order valence-electron chi connectivity index (χ1n) is 13.5. The molecular formula is C31H28F3NO4. The van der Waals surface area contributed by atoms with Gasteiger partial charge in [0.25, 0.3) is 5.56 Å². The molecule has 1 aliphatic heterocycles. The highest BCUT2D eigenvalue weighted by molar-refractivity contribution is 5.79. The Morgan fingerprint density at radius 1 is 1.10 bits per heavy atom. The Balaban J connectivity index is 1.23. The molecule has 1 saturated heterocycles. The molecule has 39 heavy (non-hydrogen) atoms. The van der Waals surface area contributed by atoms with E-state index in [-0.39, 0.29) is 40.3 Å². The van der Waals surface area contributed by atoms with Crippen LogP contribution in [0.5, 0.6) is 0 Å². The van der Waals surface area contributed by atoms with Crippen molar-refractivity contribution in [2.45, 2.75) is 49.7 Å². The molecule has 2 aromatic carbocycles. The summed E-state index contributed by atoms with van der Waals surface area (Å²) in [7, 11) is 0. The van der Waals surface area contributed by atoms with Crippen molar-refractivity contribution in [1.29, 1.82) is 0 Å². The summed E-state index contributed by atoms with van der Waals surface area (Å²) in [5, 5.41) is 0. The largest absolute Gasteiger partial charge is 0.466 e. The SMILES string of the molecule is CCOC(=O)[C@H]1[C@@H]2Cc3cc(=O)n(Cc4ccc5c(c4)C(c4ccccc4C(F)(F)F)CC54COC4)cc3[C@@H]21. The van der Waals surface area contributed by atoms with Gasteiger partial charge in [0.15, 0.2) is 0 Å². The Kier molecular flexibility index (Phi) is 5.40. The maximum atomic E-state index is 14.0. The third-order valence-electron chi connectivity index (χ3n) is 9.20. The molecule has 0 N–H and O–H groups in total. The van der Waals surface area contributed by atoms with Crippen LogP contribution < -0.4 is 5.56 Å². The second-order valence-corrected chi connectivity index (χ2v) is 11.4. The third kappa shape index (κ3) is 3.78. The van der Waals surface area contributed by atoms with Crippen molar-refractivity contribution in [3.05, 3.63) is 104 Å². The monoisotopic (exact) mass is 535 g/mol. The molecule has 0 bridgehead atoms. The lowest BCUT2D eigenvalue weighted by Gasteiger charge is -2.39. The quantitative estimate of drug-likeness (QED) is 0.423. The number of esters is 1. The van der Waals surface area contributed by atoms with Gasteiger partial charge in [0, 0.05) is 29.5 Å². The maximum absolute atomic E-state index is 14.0. The Morgan fingerprint density at radius 3 is 2.62 bits per heavy atom. The van der Waals surface area contributed by atoms with E-state index >= 15 is 0 Å². The second kappa shape index (κ2) is 8.55. The number of aromatic nitrogens is 1. The van der Waals surface area contributed by atoms with Gasteiger partial charge in [-0.2, -0.15) is 13.2 Å². The summed E-state index contributed by atoms with van der Waals surface area (Å²) in [6, 6.07) is 13.4. The first-order valence-corrected chi connectivity index (χ1v) is 13.5. The first-order chi connectivity index (χ1) is 18.7. The topological polar surface area (TPSA) is 57.5 Å². The van der Waals surface area contributed by atoms with Gasteiger partial charge < -0.3 is 14.0 Å². The zero-order valence-corrected chi connectivity index (χ0v) is 21.5. The summed E-state index contributed by atoms with van der Waals surface area (Å²) < 4.78 is 54.3. The normalized spacial score (nSPS) is 25.5. The van der Waals surface area contributed by atoms with Crippen LogP contribution in [-0.2, 0) is 38.8 Å². The molecule has 4 aliphatic rings. The van der Waals surface area contributed by atoms with Gasteiger partial charge in [-0.25, -0.2) is 0 Å². The highest BCUT2D eigenvalue weighted by atomic mass is 19.4. The zero-order valence-electron chi connectivity index (χ0n) is 21.5. The van der Waals surface area contributed by atoms with Crippen molar-refractivity contribution in [3.8, 4) is 0 Å². The highest BCUT2D eigenvalue weighted by Gasteiger charge is 2.60. The summed E-state index contributed by atoms with van der Waals surface area (Å²) in [5.41, 5.74) is 4.09. The molecular weight excluding hydrogens is 507 g/mol. The third-order valence-corrected chi connectivity index (χ3v) is 9.20. The van der Waals surface area contributed by atoms with Gasteiger partial charge in [0.2, 0.25) is 0 Å². The van der Waals surface area contributed by atoms with E-state index in [4.69, 9.17) is 9.47 Å². The average Bonchev–Trinajstić information content (AvgIpc) is 3.30. The summed E-state index contributed by atoms with van der Waals surface area (Å²) in [4.78, 5) is 25.3. The standard InChI is InChI=1S/C31H28F3NO4/c1-2-39-29(37)28-21-10-18-11-26(36)35(14-23(18)27(21)28)13-17-7-8-24-20(9-17)22(12-30(24)15-38-16-30)19-5-3-4-6-25(19)31(32,33)34/h3-9,11,14,21-22,27-28H,2,10,12-13,15-16H2,1H3/t21-,22?,27-,28+/m1/s1. The molecule has 8 heteroatoms. The Labute approximate surface area is 223 Å². The number of benzene rings is 2. The Bertz CT molecular complexity index is 1550. The minimum Gasteiger partial charge on any atom is -0.466 e. The van der Waals surface area contributed by atoms with Crippen LogP contribution in [0.15, 0.2) is 59.5 Å². The van der Waals surface area contributed by atoms with Crippen LogP contribution in [0, 0.1) is 11.8 Å². The highest BCUT2D eigenvalue weighted by Crippen LogP contribution is 2.61. The molecule has 4 atom stereocenters. The van der Waals surface area contributed by atoms with Crippen molar-refractivity contribution in [1.82, 2.24) is 4.57 Å². The number of pyridine rings is 1. The summed E-state index contributed by atoms with van der Waals surface area (Å²) >= 11 is 0. The van der Waals surface area contributed by atoms with Crippen LogP contribution in [0.25, 0.3) is 0 Å². The van der Waals surface area contributed by atoms with E-state index < -0.39 is 17.7 Å². The minimum atomic E-state index is -4.44. The van der Waals surface area contributed by atoms with Gasteiger partial charge in [-0.3, -0.25) is 9.59 Å². The molecule has 2 fully saturated rings. The van der Waals surface area contributed by atoms with Crippen LogP contribution in [0.1, 0.15) is 64.1 Å². The van der Waals surface area contributed by atoms with E-state index in [0.717, 1.165) is 33.9 Å². The second-order valence-electron chi connectivity index (χ2n) is 11.4. The van der Waals surface area contributed by atoms with E-state index in [2.05, 4.69) is 0 Å². The number of rotatable bonds is 5. The van der Waals surface area contributed by atoms with E-state index in [1.165, 1.54) is 6.07 Å². The smallest absolute Gasteiger partial charge is 0.416 e. The number of nitrogens with zero attached hydrogens (tertiary/aromatic N) is 1. The summed E-state index contributed by atoms with van der Waals surface area (Å²) in [6.07, 6.45) is -1.30. The van der Waals surface area contributed by atoms with Gasteiger partial charge in [0.05, 0.1) is 37.8 Å². The molecule has 1 aromatic heterocycles. The molecule has 3 aromatic rings. The van der Waals surface area contributed by atoms with Crippen LogP contribution >= 0.6 is 0 Å². The summed E-state index contributed by atoms with van der Waals surface area (Å²) in [5.74, 6) is -0.430. The van der Waals surface area contributed by atoms with Crippen LogP contribution in [0.2, 0.25) is 0 Å². The molecule has 0 amide bonds. The summed E-state index contributed by atoms with van der Waals surface area (Å²) in [6.45, 7) is 3.45.